The summed E-state index contributed by atoms with van der Waals surface area (Å²) in [6, 6.07) is 11.9. The van der Waals surface area contributed by atoms with Gasteiger partial charge >= 0.3 is 12.3 Å². The van der Waals surface area contributed by atoms with Gasteiger partial charge in [0.1, 0.15) is 17.1 Å². The standard InChI is InChI=1S/C34H42F3N3O5/c1-5-6-7-27(22-8-10-24(11-9-22)30(43)38-21-18-28(41)42)40-31(44)29(23-12-14-26(15-13-23)45-34(35,36)37)39-33(40)19-16-25(17-20-33)32(2,3)4/h8-15,25,27H,5-7,16-21H2,1-4H3,(H,38,43)(H,41,42)/t25?,27-,33?/m1/s1. The van der Waals surface area contributed by atoms with Crippen LogP contribution in [0.15, 0.2) is 53.5 Å². The number of nitrogens with zero attached hydrogens (tertiary/aromatic N) is 2. The second-order valence-electron chi connectivity index (χ2n) is 13.0. The molecular formula is C34H42F3N3O5. The first-order chi connectivity index (χ1) is 21.1. The van der Waals surface area contributed by atoms with Crippen molar-refractivity contribution in [1.29, 1.82) is 0 Å². The number of carboxylic acids is 1. The summed E-state index contributed by atoms with van der Waals surface area (Å²) >= 11 is 0. The first kappa shape index (κ1) is 34.0. The molecule has 1 heterocycles. The zero-order valence-corrected chi connectivity index (χ0v) is 26.2. The van der Waals surface area contributed by atoms with E-state index >= 15 is 0 Å². The van der Waals surface area contributed by atoms with E-state index in [0.29, 0.717) is 36.3 Å². The lowest BCUT2D eigenvalue weighted by molar-refractivity contribution is -0.274. The zero-order valence-electron chi connectivity index (χ0n) is 26.2. The van der Waals surface area contributed by atoms with Crippen LogP contribution in [-0.4, -0.2) is 52.1 Å². The van der Waals surface area contributed by atoms with Crippen molar-refractivity contribution in [3.8, 4) is 5.75 Å². The van der Waals surface area contributed by atoms with Crippen molar-refractivity contribution in [2.24, 2.45) is 16.3 Å². The van der Waals surface area contributed by atoms with Crippen LogP contribution >= 0.6 is 0 Å². The number of aliphatic carboxylic acids is 1. The predicted molar refractivity (Wildman–Crippen MR) is 164 cm³/mol. The molecule has 1 aliphatic heterocycles. The summed E-state index contributed by atoms with van der Waals surface area (Å²) in [7, 11) is 0. The zero-order chi connectivity index (χ0) is 33.0. The number of amides is 2. The highest BCUT2D eigenvalue weighted by Crippen LogP contribution is 2.50. The largest absolute Gasteiger partial charge is 0.573 e. The van der Waals surface area contributed by atoms with E-state index in [4.69, 9.17) is 10.1 Å². The van der Waals surface area contributed by atoms with Crippen LogP contribution in [0.1, 0.15) is 107 Å². The first-order valence-corrected chi connectivity index (χ1v) is 15.5. The summed E-state index contributed by atoms with van der Waals surface area (Å²) in [5.41, 5.74) is 1.17. The fourth-order valence-electron chi connectivity index (χ4n) is 6.43. The lowest BCUT2D eigenvalue weighted by Crippen LogP contribution is -2.51. The summed E-state index contributed by atoms with van der Waals surface area (Å²) in [6.07, 6.45) is 0.461. The second-order valence-corrected chi connectivity index (χ2v) is 13.0. The number of benzene rings is 2. The quantitative estimate of drug-likeness (QED) is 0.272. The Morgan fingerprint density at radius 2 is 1.69 bits per heavy atom. The van der Waals surface area contributed by atoms with Gasteiger partial charge in [-0.2, -0.15) is 0 Å². The molecule has 0 bridgehead atoms. The molecule has 2 amide bonds. The Kier molecular flexibility index (Phi) is 10.3. The second kappa shape index (κ2) is 13.6. The topological polar surface area (TPSA) is 108 Å². The number of aliphatic imine (C=N–C) groups is 1. The fourth-order valence-corrected chi connectivity index (χ4v) is 6.43. The maximum Gasteiger partial charge on any atom is 0.573 e. The molecule has 2 aliphatic rings. The minimum absolute atomic E-state index is 0.0127. The molecule has 2 aromatic rings. The van der Waals surface area contributed by atoms with Crippen LogP contribution < -0.4 is 10.1 Å². The molecule has 0 saturated heterocycles. The third kappa shape index (κ3) is 8.23. The molecule has 1 aliphatic carbocycles. The van der Waals surface area contributed by atoms with Gasteiger partial charge in [0.25, 0.3) is 11.8 Å². The Hall–Kier alpha value is -3.89. The van der Waals surface area contributed by atoms with Gasteiger partial charge in [-0.05, 0) is 85.4 Å². The number of carbonyl (C=O) groups is 3. The number of ether oxygens (including phenoxy) is 1. The van der Waals surface area contributed by atoms with Gasteiger partial charge in [-0.15, -0.1) is 13.2 Å². The molecule has 244 valence electrons. The highest BCUT2D eigenvalue weighted by atomic mass is 19.4. The number of rotatable bonds is 11. The first-order valence-electron chi connectivity index (χ1n) is 15.5. The van der Waals surface area contributed by atoms with Gasteiger partial charge in [-0.25, -0.2) is 0 Å². The van der Waals surface area contributed by atoms with E-state index < -0.39 is 18.0 Å². The van der Waals surface area contributed by atoms with Crippen molar-refractivity contribution in [3.05, 3.63) is 65.2 Å². The number of carboxylic acid groups (broad SMARTS) is 1. The van der Waals surface area contributed by atoms with E-state index in [1.165, 1.54) is 24.3 Å². The molecule has 1 spiro atoms. The van der Waals surface area contributed by atoms with Crippen LogP contribution in [0.5, 0.6) is 5.75 Å². The van der Waals surface area contributed by atoms with Gasteiger partial charge in [-0.3, -0.25) is 19.4 Å². The van der Waals surface area contributed by atoms with Gasteiger partial charge < -0.3 is 20.1 Å². The number of alkyl halides is 3. The number of hydrogen-bond donors (Lipinski definition) is 2. The van der Waals surface area contributed by atoms with Crippen LogP contribution in [-0.2, 0) is 9.59 Å². The minimum Gasteiger partial charge on any atom is -0.481 e. The van der Waals surface area contributed by atoms with E-state index in [1.807, 2.05) is 17.0 Å². The number of halogens is 3. The van der Waals surface area contributed by atoms with Gasteiger partial charge in [-0.1, -0.05) is 52.7 Å². The van der Waals surface area contributed by atoms with E-state index in [2.05, 4.69) is 37.7 Å². The Morgan fingerprint density at radius 1 is 1.07 bits per heavy atom. The molecule has 0 radical (unpaired) electrons. The van der Waals surface area contributed by atoms with Gasteiger partial charge in [0.2, 0.25) is 0 Å². The lowest BCUT2D eigenvalue weighted by Gasteiger charge is -2.47. The average Bonchev–Trinajstić information content (AvgIpc) is 3.23. The summed E-state index contributed by atoms with van der Waals surface area (Å²) < 4.78 is 42.3. The molecule has 0 aromatic heterocycles. The molecule has 1 fully saturated rings. The maximum atomic E-state index is 14.4. The molecule has 2 N–H and O–H groups in total. The van der Waals surface area contributed by atoms with Gasteiger partial charge in [0.05, 0.1) is 12.5 Å². The Bertz CT molecular complexity index is 1390. The van der Waals surface area contributed by atoms with E-state index in [-0.39, 0.29) is 47.7 Å². The van der Waals surface area contributed by atoms with Crippen molar-refractivity contribution < 1.29 is 37.4 Å². The van der Waals surface area contributed by atoms with E-state index in [1.54, 1.807) is 12.1 Å². The third-order valence-electron chi connectivity index (χ3n) is 8.89. The highest BCUT2D eigenvalue weighted by Gasteiger charge is 2.52. The highest BCUT2D eigenvalue weighted by molar-refractivity contribution is 6.46. The molecule has 0 unspecified atom stereocenters. The molecule has 4 rings (SSSR count). The predicted octanol–water partition coefficient (Wildman–Crippen LogP) is 7.29. The number of carbonyl (C=O) groups excluding carboxylic acids is 2. The summed E-state index contributed by atoms with van der Waals surface area (Å²) in [5.74, 6) is -1.58. The van der Waals surface area contributed by atoms with Crippen LogP contribution in [0.25, 0.3) is 0 Å². The van der Waals surface area contributed by atoms with Crippen LogP contribution in [0.2, 0.25) is 0 Å². The van der Waals surface area contributed by atoms with E-state index in [9.17, 15) is 27.6 Å². The van der Waals surface area contributed by atoms with Gasteiger partial charge in [0.15, 0.2) is 0 Å². The Morgan fingerprint density at radius 3 is 2.22 bits per heavy atom. The van der Waals surface area contributed by atoms with Crippen molar-refractivity contribution >= 4 is 23.5 Å². The van der Waals surface area contributed by atoms with Crippen LogP contribution in [0.4, 0.5) is 13.2 Å². The van der Waals surface area contributed by atoms with Gasteiger partial charge in [0, 0.05) is 17.7 Å². The summed E-state index contributed by atoms with van der Waals surface area (Å²) in [5, 5.41) is 11.5. The van der Waals surface area contributed by atoms with Crippen molar-refractivity contribution in [2.45, 2.75) is 97.1 Å². The molecular weight excluding hydrogens is 587 g/mol. The number of nitrogens with one attached hydrogen (secondary N) is 1. The van der Waals surface area contributed by atoms with E-state index in [0.717, 1.165) is 31.2 Å². The maximum absolute atomic E-state index is 14.4. The third-order valence-corrected chi connectivity index (χ3v) is 8.89. The normalized spacial score (nSPS) is 21.0. The molecule has 8 nitrogen and oxygen atoms in total. The molecule has 2 aromatic carbocycles. The SMILES string of the molecule is CCCC[C@H](c1ccc(C(=O)NCCC(=O)O)cc1)N1C(=O)C(c2ccc(OC(F)(F)F)cc2)=NC12CCC(C(C)(C)C)CC2. The van der Waals surface area contributed by atoms with Crippen LogP contribution in [0.3, 0.4) is 0 Å². The van der Waals surface area contributed by atoms with Crippen LogP contribution in [0, 0.1) is 11.3 Å². The van der Waals surface area contributed by atoms with Crippen molar-refractivity contribution in [3.63, 3.8) is 0 Å². The summed E-state index contributed by atoms with van der Waals surface area (Å²) in [6.45, 7) is 8.74. The smallest absolute Gasteiger partial charge is 0.481 e. The minimum atomic E-state index is -4.82. The molecule has 11 heteroatoms. The monoisotopic (exact) mass is 629 g/mol. The number of hydrogen-bond acceptors (Lipinski definition) is 5. The molecule has 45 heavy (non-hydrogen) atoms. The van der Waals surface area contributed by atoms with Crippen molar-refractivity contribution in [1.82, 2.24) is 10.2 Å². The molecule has 1 atom stereocenters. The Labute approximate surface area is 262 Å². The van der Waals surface area contributed by atoms with Crippen molar-refractivity contribution in [2.75, 3.05) is 6.54 Å². The average molecular weight is 630 g/mol. The molecule has 1 saturated carbocycles. The fraction of sp³-hybridized carbons (Fsp3) is 0.529. The lowest BCUT2D eigenvalue weighted by atomic mass is 9.69. The summed E-state index contributed by atoms with van der Waals surface area (Å²) in [4.78, 5) is 44.7. The Balaban J connectivity index is 1.68. The number of unbranched alkanes of at least 4 members (excludes halogenated alkanes) is 1.